The van der Waals surface area contributed by atoms with E-state index in [0.29, 0.717) is 11.3 Å². The summed E-state index contributed by atoms with van der Waals surface area (Å²) in [6, 6.07) is 9.76. The zero-order valence-corrected chi connectivity index (χ0v) is 12.7. The third kappa shape index (κ3) is 3.53. The van der Waals surface area contributed by atoms with Crippen LogP contribution in [0.15, 0.2) is 48.5 Å². The Hall–Kier alpha value is -2.48. The first-order valence-electron chi connectivity index (χ1n) is 6.69. The average Bonchev–Trinajstić information content (AvgIpc) is 2.87. The Labute approximate surface area is 137 Å². The van der Waals surface area contributed by atoms with Crippen molar-refractivity contribution >= 4 is 22.2 Å². The van der Waals surface area contributed by atoms with Crippen LogP contribution in [0.3, 0.4) is 0 Å². The predicted molar refractivity (Wildman–Crippen MR) is 82.2 cm³/mol. The fourth-order valence-electron chi connectivity index (χ4n) is 2.07. The second-order valence-electron chi connectivity index (χ2n) is 4.86. The molecule has 0 unspecified atom stereocenters. The van der Waals surface area contributed by atoms with E-state index in [1.54, 1.807) is 0 Å². The van der Waals surface area contributed by atoms with E-state index in [-0.39, 0.29) is 22.1 Å². The van der Waals surface area contributed by atoms with Gasteiger partial charge in [0.1, 0.15) is 11.5 Å². The SMILES string of the molecule is Fc1cccc(-c2nc(Nc3cccc(C(F)(F)F)c3)sc2F)c1. The minimum atomic E-state index is -4.47. The molecule has 0 saturated carbocycles. The van der Waals surface area contributed by atoms with E-state index in [1.165, 1.54) is 30.3 Å². The van der Waals surface area contributed by atoms with Crippen molar-refractivity contribution in [2.75, 3.05) is 5.32 Å². The van der Waals surface area contributed by atoms with Gasteiger partial charge < -0.3 is 5.32 Å². The number of benzene rings is 2. The summed E-state index contributed by atoms with van der Waals surface area (Å²) in [6.07, 6.45) is -4.47. The third-order valence-corrected chi connectivity index (χ3v) is 3.88. The summed E-state index contributed by atoms with van der Waals surface area (Å²) in [5.41, 5.74) is -0.505. The van der Waals surface area contributed by atoms with Crippen molar-refractivity contribution < 1.29 is 22.0 Å². The number of rotatable bonds is 3. The molecule has 24 heavy (non-hydrogen) atoms. The van der Waals surface area contributed by atoms with Gasteiger partial charge in [-0.25, -0.2) is 9.37 Å². The Balaban J connectivity index is 1.89. The van der Waals surface area contributed by atoms with E-state index in [2.05, 4.69) is 10.3 Å². The van der Waals surface area contributed by atoms with Crippen LogP contribution < -0.4 is 5.32 Å². The molecule has 0 aliphatic heterocycles. The zero-order chi connectivity index (χ0) is 17.3. The van der Waals surface area contributed by atoms with Crippen LogP contribution >= 0.6 is 11.3 Å². The maximum absolute atomic E-state index is 14.0. The molecule has 0 bridgehead atoms. The van der Waals surface area contributed by atoms with Crippen molar-refractivity contribution in [2.24, 2.45) is 0 Å². The monoisotopic (exact) mass is 356 g/mol. The molecule has 0 aliphatic carbocycles. The molecule has 1 N–H and O–H groups in total. The number of thiazole rings is 1. The third-order valence-electron chi connectivity index (χ3n) is 3.13. The molecule has 0 atom stereocenters. The molecule has 3 aromatic rings. The van der Waals surface area contributed by atoms with Gasteiger partial charge in [-0.2, -0.15) is 17.6 Å². The minimum absolute atomic E-state index is 0.0611. The summed E-state index contributed by atoms with van der Waals surface area (Å²) >= 11 is 0.631. The smallest absolute Gasteiger partial charge is 0.331 e. The lowest BCUT2D eigenvalue weighted by molar-refractivity contribution is -0.137. The average molecular weight is 356 g/mol. The molecular weight excluding hydrogens is 347 g/mol. The fraction of sp³-hybridized carbons (Fsp3) is 0.0625. The molecule has 0 aliphatic rings. The molecule has 3 rings (SSSR count). The van der Waals surface area contributed by atoms with Crippen LogP contribution in [0.25, 0.3) is 11.3 Å². The highest BCUT2D eigenvalue weighted by molar-refractivity contribution is 7.14. The van der Waals surface area contributed by atoms with Gasteiger partial charge in [0, 0.05) is 11.3 Å². The summed E-state index contributed by atoms with van der Waals surface area (Å²) in [6.45, 7) is 0. The summed E-state index contributed by atoms with van der Waals surface area (Å²) in [5.74, 6) is -0.535. The molecular formula is C16H9F5N2S. The van der Waals surface area contributed by atoms with Crippen molar-refractivity contribution in [1.82, 2.24) is 4.98 Å². The van der Waals surface area contributed by atoms with Gasteiger partial charge in [-0.15, -0.1) is 0 Å². The Morgan fingerprint density at radius 1 is 0.958 bits per heavy atom. The molecule has 1 aromatic heterocycles. The van der Waals surface area contributed by atoms with Crippen molar-refractivity contribution in [3.8, 4) is 11.3 Å². The first-order valence-corrected chi connectivity index (χ1v) is 7.51. The molecule has 8 heteroatoms. The lowest BCUT2D eigenvalue weighted by Gasteiger charge is -2.08. The molecule has 1 heterocycles. The van der Waals surface area contributed by atoms with Gasteiger partial charge in [-0.3, -0.25) is 0 Å². The van der Waals surface area contributed by atoms with Gasteiger partial charge in [-0.05, 0) is 30.3 Å². The van der Waals surface area contributed by atoms with Crippen LogP contribution in [-0.2, 0) is 6.18 Å². The van der Waals surface area contributed by atoms with E-state index < -0.39 is 22.7 Å². The highest BCUT2D eigenvalue weighted by Gasteiger charge is 2.30. The van der Waals surface area contributed by atoms with E-state index in [4.69, 9.17) is 0 Å². The molecule has 2 nitrogen and oxygen atoms in total. The Morgan fingerprint density at radius 2 is 1.71 bits per heavy atom. The van der Waals surface area contributed by atoms with E-state index in [0.717, 1.165) is 18.2 Å². The number of anilines is 2. The number of aromatic nitrogens is 1. The first-order chi connectivity index (χ1) is 11.3. The van der Waals surface area contributed by atoms with E-state index >= 15 is 0 Å². The number of hydrogen-bond donors (Lipinski definition) is 1. The standard InChI is InChI=1S/C16H9F5N2S/c17-11-5-1-3-9(7-11)13-14(18)24-15(23-13)22-12-6-2-4-10(8-12)16(19,20)21/h1-8H,(H,22,23). The lowest BCUT2D eigenvalue weighted by Crippen LogP contribution is -2.05. The Morgan fingerprint density at radius 3 is 2.42 bits per heavy atom. The fourth-order valence-corrected chi connectivity index (χ4v) is 2.80. The van der Waals surface area contributed by atoms with Crippen molar-refractivity contribution in [2.45, 2.75) is 6.18 Å². The molecule has 0 saturated heterocycles. The van der Waals surface area contributed by atoms with E-state index in [1.807, 2.05) is 0 Å². The summed E-state index contributed by atoms with van der Waals surface area (Å²) < 4.78 is 65.3. The van der Waals surface area contributed by atoms with Crippen LogP contribution in [0.5, 0.6) is 0 Å². The molecule has 0 amide bonds. The predicted octanol–water partition coefficient (Wildman–Crippen LogP) is 5.85. The summed E-state index contributed by atoms with van der Waals surface area (Å²) in [4.78, 5) is 3.99. The van der Waals surface area contributed by atoms with Crippen LogP contribution in [0.2, 0.25) is 0 Å². The number of hydrogen-bond acceptors (Lipinski definition) is 3. The normalized spacial score (nSPS) is 11.5. The van der Waals surface area contributed by atoms with Crippen molar-refractivity contribution in [1.29, 1.82) is 0 Å². The number of nitrogens with zero attached hydrogens (tertiary/aromatic N) is 1. The zero-order valence-electron chi connectivity index (χ0n) is 11.9. The van der Waals surface area contributed by atoms with Gasteiger partial charge in [0.05, 0.1) is 5.56 Å². The van der Waals surface area contributed by atoms with Gasteiger partial charge in [0.15, 0.2) is 5.13 Å². The highest BCUT2D eigenvalue weighted by atomic mass is 32.1. The van der Waals surface area contributed by atoms with Crippen LogP contribution in [0.1, 0.15) is 5.56 Å². The number of alkyl halides is 3. The minimum Gasteiger partial charge on any atom is -0.331 e. The second kappa shape index (κ2) is 6.20. The Bertz CT molecular complexity index is 873. The molecule has 2 aromatic carbocycles. The van der Waals surface area contributed by atoms with Gasteiger partial charge >= 0.3 is 6.18 Å². The van der Waals surface area contributed by atoms with Gasteiger partial charge in [0.25, 0.3) is 0 Å². The topological polar surface area (TPSA) is 24.9 Å². The van der Waals surface area contributed by atoms with E-state index in [9.17, 15) is 22.0 Å². The molecule has 124 valence electrons. The maximum atomic E-state index is 14.0. The Kier molecular flexibility index (Phi) is 4.23. The summed E-state index contributed by atoms with van der Waals surface area (Å²) in [7, 11) is 0. The largest absolute Gasteiger partial charge is 0.416 e. The van der Waals surface area contributed by atoms with Crippen LogP contribution in [0, 0.1) is 10.9 Å². The van der Waals surface area contributed by atoms with Gasteiger partial charge in [0.2, 0.25) is 5.13 Å². The van der Waals surface area contributed by atoms with Gasteiger partial charge in [-0.1, -0.05) is 29.5 Å². The van der Waals surface area contributed by atoms with Crippen LogP contribution in [0.4, 0.5) is 32.8 Å². The molecule has 0 radical (unpaired) electrons. The number of halogens is 5. The van der Waals surface area contributed by atoms with Crippen LogP contribution in [-0.4, -0.2) is 4.98 Å². The summed E-state index contributed by atoms with van der Waals surface area (Å²) in [5, 5.41) is 2.05. The van der Waals surface area contributed by atoms with Crippen molar-refractivity contribution in [3.63, 3.8) is 0 Å². The lowest BCUT2D eigenvalue weighted by atomic mass is 10.2. The molecule has 0 spiro atoms. The quantitative estimate of drug-likeness (QED) is 0.596. The molecule has 0 fully saturated rings. The highest BCUT2D eigenvalue weighted by Crippen LogP contribution is 2.34. The first kappa shape index (κ1) is 16.4. The number of nitrogens with one attached hydrogen (secondary N) is 1. The second-order valence-corrected chi connectivity index (χ2v) is 5.80. The van der Waals surface area contributed by atoms with Crippen molar-refractivity contribution in [3.05, 3.63) is 65.0 Å². The maximum Gasteiger partial charge on any atom is 0.416 e.